The molecule has 3 aromatic rings. The predicted molar refractivity (Wildman–Crippen MR) is 104 cm³/mol. The number of ether oxygens (including phenoxy) is 1. The quantitative estimate of drug-likeness (QED) is 0.611. The van der Waals surface area contributed by atoms with Gasteiger partial charge >= 0.3 is 6.09 Å². The molecule has 4 rings (SSSR count). The predicted octanol–water partition coefficient (Wildman–Crippen LogP) is 5.20. The summed E-state index contributed by atoms with van der Waals surface area (Å²) in [5.74, 6) is -0.307. The molecule has 2 heterocycles. The van der Waals surface area contributed by atoms with Gasteiger partial charge in [0.25, 0.3) is 0 Å². The maximum atomic E-state index is 14.7. The minimum Gasteiger partial charge on any atom is -0.438 e. The second kappa shape index (κ2) is 7.12. The van der Waals surface area contributed by atoms with Crippen LogP contribution in [0.1, 0.15) is 22.6 Å². The number of benzene rings is 2. The molecule has 0 spiro atoms. The van der Waals surface area contributed by atoms with E-state index in [2.05, 4.69) is 0 Å². The number of hydrogen-bond donors (Lipinski definition) is 0. The van der Waals surface area contributed by atoms with Crippen molar-refractivity contribution >= 4 is 17.9 Å². The van der Waals surface area contributed by atoms with Crippen molar-refractivity contribution in [1.82, 2.24) is 9.47 Å². The maximum absolute atomic E-state index is 14.7. The molecule has 1 amide bonds. The van der Waals surface area contributed by atoms with Gasteiger partial charge in [0.15, 0.2) is 6.10 Å². The van der Waals surface area contributed by atoms with Gasteiger partial charge in [0.1, 0.15) is 5.82 Å². The van der Waals surface area contributed by atoms with Gasteiger partial charge in [0.2, 0.25) is 0 Å². The highest BCUT2D eigenvalue weighted by molar-refractivity contribution is 7.99. The van der Waals surface area contributed by atoms with Crippen LogP contribution in [0.3, 0.4) is 0 Å². The fourth-order valence-corrected chi connectivity index (χ4v) is 4.58. The van der Waals surface area contributed by atoms with Crippen LogP contribution in [-0.4, -0.2) is 29.7 Å². The Bertz CT molecular complexity index is 986. The number of para-hydroxylation sites is 1. The number of nitrogens with zero attached hydrogens (tertiary/aromatic N) is 2. The summed E-state index contributed by atoms with van der Waals surface area (Å²) in [6.07, 6.45) is 0.847. The zero-order chi connectivity index (χ0) is 19.0. The molecule has 2 atom stereocenters. The number of thioether (sulfide) groups is 1. The molecule has 138 valence electrons. The Balaban J connectivity index is 1.90. The van der Waals surface area contributed by atoms with Crippen LogP contribution in [0.2, 0.25) is 0 Å². The van der Waals surface area contributed by atoms with E-state index in [1.165, 1.54) is 22.7 Å². The Morgan fingerprint density at radius 2 is 1.81 bits per heavy atom. The smallest absolute Gasteiger partial charge is 0.409 e. The lowest BCUT2D eigenvalue weighted by atomic mass is 10.0. The summed E-state index contributed by atoms with van der Waals surface area (Å²) in [7, 11) is 3.27. The highest BCUT2D eigenvalue weighted by atomic mass is 32.2. The minimum atomic E-state index is -0.635. The maximum Gasteiger partial charge on any atom is 0.409 e. The molecule has 2 unspecified atom stereocenters. The summed E-state index contributed by atoms with van der Waals surface area (Å²) >= 11 is 1.51. The second-order valence-corrected chi connectivity index (χ2v) is 7.71. The zero-order valence-corrected chi connectivity index (χ0v) is 15.8. The van der Waals surface area contributed by atoms with E-state index in [0.29, 0.717) is 5.56 Å². The minimum absolute atomic E-state index is 0.307. The van der Waals surface area contributed by atoms with Gasteiger partial charge in [-0.15, -0.1) is 11.8 Å². The number of hydrogen-bond acceptors (Lipinski definition) is 3. The average Bonchev–Trinajstić information content (AvgIpc) is 3.10. The molecule has 1 aliphatic rings. The van der Waals surface area contributed by atoms with E-state index in [0.717, 1.165) is 16.3 Å². The molecule has 6 heteroatoms. The van der Waals surface area contributed by atoms with E-state index >= 15 is 0 Å². The molecular weight excluding hydrogens is 363 g/mol. The second-order valence-electron chi connectivity index (χ2n) is 6.53. The number of carbonyl (C=O) groups is 1. The Morgan fingerprint density at radius 1 is 1.07 bits per heavy atom. The third-order valence-electron chi connectivity index (χ3n) is 4.53. The number of halogens is 1. The summed E-state index contributed by atoms with van der Waals surface area (Å²) in [4.78, 5) is 14.8. The van der Waals surface area contributed by atoms with Crippen molar-refractivity contribution in [2.75, 3.05) is 14.1 Å². The van der Waals surface area contributed by atoms with Gasteiger partial charge in [-0.25, -0.2) is 9.18 Å². The number of aromatic nitrogens is 1. The fourth-order valence-electron chi connectivity index (χ4n) is 3.22. The van der Waals surface area contributed by atoms with Gasteiger partial charge in [-0.05, 0) is 30.3 Å². The van der Waals surface area contributed by atoms with Crippen LogP contribution in [0.4, 0.5) is 9.18 Å². The molecule has 4 nitrogen and oxygen atoms in total. The van der Waals surface area contributed by atoms with Crippen LogP contribution in [0.5, 0.6) is 0 Å². The number of rotatable bonds is 2. The van der Waals surface area contributed by atoms with Crippen LogP contribution in [0, 0.1) is 5.82 Å². The van der Waals surface area contributed by atoms with Crippen molar-refractivity contribution in [1.29, 1.82) is 0 Å². The number of amides is 1. The van der Waals surface area contributed by atoms with Gasteiger partial charge < -0.3 is 14.2 Å². The first-order valence-corrected chi connectivity index (χ1v) is 9.50. The molecule has 2 aromatic carbocycles. The van der Waals surface area contributed by atoms with Crippen molar-refractivity contribution in [3.63, 3.8) is 0 Å². The molecular formula is C21H19FN2O2S. The summed E-state index contributed by atoms with van der Waals surface area (Å²) in [6, 6.07) is 18.4. The monoisotopic (exact) mass is 382 g/mol. The third kappa shape index (κ3) is 3.21. The Labute approximate surface area is 161 Å². The lowest BCUT2D eigenvalue weighted by molar-refractivity contribution is 0.0700. The van der Waals surface area contributed by atoms with Gasteiger partial charge in [0, 0.05) is 30.8 Å². The van der Waals surface area contributed by atoms with Crippen molar-refractivity contribution in [2.24, 2.45) is 0 Å². The Kier molecular flexibility index (Phi) is 4.66. The molecule has 0 saturated heterocycles. The molecule has 0 bridgehead atoms. The molecule has 1 aromatic heterocycles. The molecule has 27 heavy (non-hydrogen) atoms. The van der Waals surface area contributed by atoms with Crippen LogP contribution in [-0.2, 0) is 4.74 Å². The molecule has 0 fully saturated rings. The third-order valence-corrected chi connectivity index (χ3v) is 5.88. The summed E-state index contributed by atoms with van der Waals surface area (Å²) in [6.45, 7) is 0. The van der Waals surface area contributed by atoms with Crippen molar-refractivity contribution in [2.45, 2.75) is 16.2 Å². The first kappa shape index (κ1) is 17.7. The van der Waals surface area contributed by atoms with E-state index in [9.17, 15) is 9.18 Å². The molecule has 0 saturated carbocycles. The van der Waals surface area contributed by atoms with Gasteiger partial charge in [-0.3, -0.25) is 0 Å². The highest BCUT2D eigenvalue weighted by Crippen LogP contribution is 2.51. The largest absolute Gasteiger partial charge is 0.438 e. The van der Waals surface area contributed by atoms with Crippen LogP contribution in [0.25, 0.3) is 5.69 Å². The topological polar surface area (TPSA) is 34.5 Å². The standard InChI is InChI=1S/C21H19FN2O2S/c1-23(2)21(25)26-19-17-11-7-13-24(17)16-10-5-6-12-18(16)27-20(19)14-8-3-4-9-15(14)22/h3-13,19-20H,1-2H3. The van der Waals surface area contributed by atoms with Crippen LogP contribution < -0.4 is 0 Å². The SMILES string of the molecule is CN(C)C(=O)OC1c2cccn2-c2ccccc2SC1c1ccccc1F. The Hall–Kier alpha value is -2.73. The van der Waals surface area contributed by atoms with Crippen molar-refractivity contribution < 1.29 is 13.9 Å². The van der Waals surface area contributed by atoms with Gasteiger partial charge in [-0.1, -0.05) is 30.3 Å². The molecule has 1 aliphatic heterocycles. The molecule has 0 N–H and O–H groups in total. The highest BCUT2D eigenvalue weighted by Gasteiger charge is 2.36. The number of carbonyl (C=O) groups excluding carboxylic acids is 1. The summed E-state index contributed by atoms with van der Waals surface area (Å²) in [5.41, 5.74) is 2.33. The van der Waals surface area contributed by atoms with E-state index < -0.39 is 17.4 Å². The van der Waals surface area contributed by atoms with Crippen molar-refractivity contribution in [3.8, 4) is 5.69 Å². The van der Waals surface area contributed by atoms with Crippen LogP contribution in [0.15, 0.2) is 71.8 Å². The molecule has 0 aliphatic carbocycles. The first-order chi connectivity index (χ1) is 13.1. The fraction of sp³-hybridized carbons (Fsp3) is 0.190. The lowest BCUT2D eigenvalue weighted by Crippen LogP contribution is -2.27. The van der Waals surface area contributed by atoms with E-state index in [-0.39, 0.29) is 5.82 Å². The number of fused-ring (bicyclic) bond motifs is 3. The van der Waals surface area contributed by atoms with Crippen molar-refractivity contribution in [3.05, 3.63) is 83.9 Å². The molecule has 0 radical (unpaired) electrons. The van der Waals surface area contributed by atoms with E-state index in [1.807, 2.05) is 47.2 Å². The van der Waals surface area contributed by atoms with E-state index in [1.54, 1.807) is 32.3 Å². The average molecular weight is 382 g/mol. The van der Waals surface area contributed by atoms with E-state index in [4.69, 9.17) is 4.74 Å². The summed E-state index contributed by atoms with van der Waals surface area (Å²) < 4.78 is 22.5. The first-order valence-electron chi connectivity index (χ1n) is 8.62. The summed E-state index contributed by atoms with van der Waals surface area (Å²) in [5, 5.41) is -0.410. The van der Waals surface area contributed by atoms with Crippen LogP contribution >= 0.6 is 11.8 Å². The zero-order valence-electron chi connectivity index (χ0n) is 15.0. The van der Waals surface area contributed by atoms with Gasteiger partial charge in [0.05, 0.1) is 16.6 Å². The normalized spacial score (nSPS) is 18.2. The van der Waals surface area contributed by atoms with Gasteiger partial charge in [-0.2, -0.15) is 0 Å². The lowest BCUT2D eigenvalue weighted by Gasteiger charge is -2.27. The Morgan fingerprint density at radius 3 is 2.59 bits per heavy atom.